The smallest absolute Gasteiger partial charge is 0.249 e. The molecule has 6 nitrogen and oxygen atoms in total. The average molecular weight is 511 g/mol. The molecule has 0 fully saturated rings. The van der Waals surface area contributed by atoms with Crippen LogP contribution in [0.2, 0.25) is 0 Å². The van der Waals surface area contributed by atoms with Crippen LogP contribution >= 0.6 is 31.9 Å². The molecule has 148 valence electrons. The topological polar surface area (TPSA) is 79.8 Å². The minimum absolute atomic E-state index is 0.336. The number of nitrogens with zero attached hydrogens (tertiary/aromatic N) is 1. The second kappa shape index (κ2) is 11.6. The summed E-state index contributed by atoms with van der Waals surface area (Å²) >= 11 is 6.75. The first-order valence-electron chi connectivity index (χ1n) is 8.78. The molecule has 2 amide bonds. The van der Waals surface area contributed by atoms with Gasteiger partial charge in [0, 0.05) is 14.5 Å². The van der Waals surface area contributed by atoms with Crippen molar-refractivity contribution in [3.05, 3.63) is 57.0 Å². The SMILES string of the molecule is CCCCOc1ccc(Br)cc1C=NNC(=O)CC(=O)Nc1ccccc1Br. The molecule has 2 N–H and O–H groups in total. The third-order valence-electron chi connectivity index (χ3n) is 3.59. The summed E-state index contributed by atoms with van der Waals surface area (Å²) in [6.07, 6.45) is 3.15. The van der Waals surface area contributed by atoms with Gasteiger partial charge in [-0.1, -0.05) is 41.4 Å². The van der Waals surface area contributed by atoms with E-state index in [1.165, 1.54) is 6.21 Å². The van der Waals surface area contributed by atoms with E-state index in [1.54, 1.807) is 18.2 Å². The third-order valence-corrected chi connectivity index (χ3v) is 4.77. The van der Waals surface area contributed by atoms with Gasteiger partial charge >= 0.3 is 0 Å². The van der Waals surface area contributed by atoms with E-state index >= 15 is 0 Å². The van der Waals surface area contributed by atoms with Crippen molar-refractivity contribution in [1.29, 1.82) is 0 Å². The lowest BCUT2D eigenvalue weighted by atomic mass is 10.2. The molecule has 0 saturated heterocycles. The maximum Gasteiger partial charge on any atom is 0.249 e. The van der Waals surface area contributed by atoms with Crippen LogP contribution in [0.4, 0.5) is 5.69 Å². The molecule has 28 heavy (non-hydrogen) atoms. The predicted molar refractivity (Wildman–Crippen MR) is 118 cm³/mol. The maximum atomic E-state index is 12.0. The summed E-state index contributed by atoms with van der Waals surface area (Å²) in [5.74, 6) is -0.254. The van der Waals surface area contributed by atoms with Gasteiger partial charge in [-0.3, -0.25) is 9.59 Å². The number of hydrogen-bond acceptors (Lipinski definition) is 4. The predicted octanol–water partition coefficient (Wildman–Crippen LogP) is 4.87. The number of unbranched alkanes of at least 4 members (excludes halogenated alkanes) is 1. The fourth-order valence-electron chi connectivity index (χ4n) is 2.19. The van der Waals surface area contributed by atoms with E-state index in [0.29, 0.717) is 18.0 Å². The first kappa shape index (κ1) is 22.1. The Morgan fingerprint density at radius 1 is 1.14 bits per heavy atom. The van der Waals surface area contributed by atoms with Gasteiger partial charge in [-0.25, -0.2) is 5.43 Å². The normalized spacial score (nSPS) is 10.7. The summed E-state index contributed by atoms with van der Waals surface area (Å²) in [7, 11) is 0. The lowest BCUT2D eigenvalue weighted by molar-refractivity contribution is -0.126. The number of hydrogen-bond donors (Lipinski definition) is 2. The zero-order valence-corrected chi connectivity index (χ0v) is 18.5. The fourth-order valence-corrected chi connectivity index (χ4v) is 2.96. The van der Waals surface area contributed by atoms with E-state index < -0.39 is 11.8 Å². The number of amides is 2. The average Bonchev–Trinajstić information content (AvgIpc) is 2.65. The van der Waals surface area contributed by atoms with Crippen LogP contribution in [0.3, 0.4) is 0 Å². The van der Waals surface area contributed by atoms with Crippen molar-refractivity contribution in [2.75, 3.05) is 11.9 Å². The highest BCUT2D eigenvalue weighted by Gasteiger charge is 2.10. The van der Waals surface area contributed by atoms with Crippen molar-refractivity contribution in [3.63, 3.8) is 0 Å². The van der Waals surface area contributed by atoms with E-state index in [2.05, 4.69) is 54.6 Å². The molecule has 0 aliphatic rings. The van der Waals surface area contributed by atoms with E-state index in [0.717, 1.165) is 27.4 Å². The quantitative estimate of drug-likeness (QED) is 0.218. The number of para-hydroxylation sites is 1. The van der Waals surface area contributed by atoms with Gasteiger partial charge in [0.15, 0.2) is 0 Å². The van der Waals surface area contributed by atoms with Gasteiger partial charge in [-0.2, -0.15) is 5.10 Å². The monoisotopic (exact) mass is 509 g/mol. The van der Waals surface area contributed by atoms with Crippen molar-refractivity contribution in [3.8, 4) is 5.75 Å². The minimum atomic E-state index is -0.510. The molecule has 0 radical (unpaired) electrons. The number of anilines is 1. The fraction of sp³-hybridized carbons (Fsp3) is 0.250. The van der Waals surface area contributed by atoms with Crippen LogP contribution in [0.1, 0.15) is 31.7 Å². The Labute approximate surface area is 181 Å². The second-order valence-electron chi connectivity index (χ2n) is 5.88. The third kappa shape index (κ3) is 7.44. The number of hydrazone groups is 1. The number of benzene rings is 2. The highest BCUT2D eigenvalue weighted by molar-refractivity contribution is 9.10. The summed E-state index contributed by atoms with van der Waals surface area (Å²) in [6.45, 7) is 2.70. The molecule has 0 unspecified atom stereocenters. The van der Waals surface area contributed by atoms with Crippen LogP contribution in [-0.2, 0) is 9.59 Å². The van der Waals surface area contributed by atoms with Crippen LogP contribution < -0.4 is 15.5 Å². The Morgan fingerprint density at radius 2 is 1.93 bits per heavy atom. The summed E-state index contributed by atoms with van der Waals surface area (Å²) in [6, 6.07) is 12.7. The van der Waals surface area contributed by atoms with Crippen LogP contribution in [0.25, 0.3) is 0 Å². The van der Waals surface area contributed by atoms with Crippen LogP contribution in [0.5, 0.6) is 5.75 Å². The zero-order chi connectivity index (χ0) is 20.4. The Kier molecular flexibility index (Phi) is 9.16. The van der Waals surface area contributed by atoms with Crippen molar-refractivity contribution < 1.29 is 14.3 Å². The number of carbonyl (C=O) groups is 2. The molecule has 0 spiro atoms. The Bertz CT molecular complexity index is 856. The van der Waals surface area contributed by atoms with Gasteiger partial charge in [0.05, 0.1) is 18.5 Å². The van der Waals surface area contributed by atoms with Gasteiger partial charge in [0.1, 0.15) is 12.2 Å². The lowest BCUT2D eigenvalue weighted by Gasteiger charge is -2.09. The van der Waals surface area contributed by atoms with Crippen LogP contribution in [-0.4, -0.2) is 24.6 Å². The van der Waals surface area contributed by atoms with E-state index in [1.807, 2.05) is 24.3 Å². The first-order chi connectivity index (χ1) is 13.5. The number of halogens is 2. The molecule has 0 heterocycles. The van der Waals surface area contributed by atoms with Gasteiger partial charge in [0.25, 0.3) is 0 Å². The largest absolute Gasteiger partial charge is 0.493 e. The van der Waals surface area contributed by atoms with Gasteiger partial charge < -0.3 is 10.1 Å². The first-order valence-corrected chi connectivity index (χ1v) is 10.4. The van der Waals surface area contributed by atoms with E-state index in [4.69, 9.17) is 4.74 Å². The molecule has 0 aromatic heterocycles. The Balaban J connectivity index is 1.89. The molecule has 0 aliphatic carbocycles. The maximum absolute atomic E-state index is 12.0. The Hall–Kier alpha value is -2.19. The van der Waals surface area contributed by atoms with Gasteiger partial charge in [0.2, 0.25) is 11.8 Å². The molecular formula is C20H21Br2N3O3. The molecule has 0 atom stereocenters. The summed E-state index contributed by atoms with van der Waals surface area (Å²) in [5, 5.41) is 6.60. The van der Waals surface area contributed by atoms with Crippen LogP contribution in [0, 0.1) is 0 Å². The van der Waals surface area contributed by atoms with Crippen molar-refractivity contribution in [2.45, 2.75) is 26.2 Å². The van der Waals surface area contributed by atoms with Gasteiger partial charge in [-0.15, -0.1) is 0 Å². The molecule has 8 heteroatoms. The molecule has 2 rings (SSSR count). The Morgan fingerprint density at radius 3 is 2.68 bits per heavy atom. The number of rotatable bonds is 9. The standard InChI is InChI=1S/C20H21Br2N3O3/c1-2-3-10-28-18-9-8-15(21)11-14(18)13-23-25-20(27)12-19(26)24-17-7-5-4-6-16(17)22/h4-9,11,13H,2-3,10,12H2,1H3,(H,24,26)(H,25,27). The summed E-state index contributed by atoms with van der Waals surface area (Å²) < 4.78 is 7.35. The summed E-state index contributed by atoms with van der Waals surface area (Å²) in [5.41, 5.74) is 3.69. The lowest BCUT2D eigenvalue weighted by Crippen LogP contribution is -2.24. The minimum Gasteiger partial charge on any atom is -0.493 e. The summed E-state index contributed by atoms with van der Waals surface area (Å²) in [4.78, 5) is 23.9. The van der Waals surface area contributed by atoms with Crippen molar-refractivity contribution in [2.24, 2.45) is 5.10 Å². The second-order valence-corrected chi connectivity index (χ2v) is 7.65. The zero-order valence-electron chi connectivity index (χ0n) is 15.4. The number of nitrogens with one attached hydrogen (secondary N) is 2. The van der Waals surface area contributed by atoms with E-state index in [-0.39, 0.29) is 6.42 Å². The van der Waals surface area contributed by atoms with Crippen molar-refractivity contribution >= 4 is 55.6 Å². The molecule has 0 bridgehead atoms. The highest BCUT2D eigenvalue weighted by atomic mass is 79.9. The van der Waals surface area contributed by atoms with Gasteiger partial charge in [-0.05, 0) is 52.7 Å². The van der Waals surface area contributed by atoms with Crippen LogP contribution in [0.15, 0.2) is 56.5 Å². The molecule has 2 aromatic rings. The molecule has 0 aliphatic heterocycles. The van der Waals surface area contributed by atoms with E-state index in [9.17, 15) is 9.59 Å². The number of carbonyl (C=O) groups excluding carboxylic acids is 2. The number of ether oxygens (including phenoxy) is 1. The molecular weight excluding hydrogens is 490 g/mol. The highest BCUT2D eigenvalue weighted by Crippen LogP contribution is 2.22. The molecule has 0 saturated carbocycles. The van der Waals surface area contributed by atoms with Crippen molar-refractivity contribution in [1.82, 2.24) is 5.43 Å². The molecule has 2 aromatic carbocycles.